The summed E-state index contributed by atoms with van der Waals surface area (Å²) in [6, 6.07) is 10.3. The van der Waals surface area contributed by atoms with E-state index in [0.29, 0.717) is 34.7 Å². The Morgan fingerprint density at radius 2 is 2.13 bits per heavy atom. The lowest BCUT2D eigenvalue weighted by molar-refractivity contribution is -0.141. The molecule has 0 bridgehead atoms. The molecule has 1 aromatic carbocycles. The highest BCUT2D eigenvalue weighted by Crippen LogP contribution is 2.38. The summed E-state index contributed by atoms with van der Waals surface area (Å²) in [5.41, 5.74) is 1.87. The lowest BCUT2D eigenvalue weighted by atomic mass is 10.0. The largest absolute Gasteiger partial charge is 0.497 e. The molecule has 3 aromatic rings. The molecular formula is C21H18ClN3O5. The summed E-state index contributed by atoms with van der Waals surface area (Å²) in [5.74, 6) is -0.250. The minimum absolute atomic E-state index is 0.170. The number of carbonyl (C=O) groups excluding carboxylic acids is 1. The monoisotopic (exact) mass is 427 g/mol. The average molecular weight is 428 g/mol. The van der Waals surface area contributed by atoms with Crippen molar-refractivity contribution in [1.29, 1.82) is 0 Å². The molecule has 3 heterocycles. The molecule has 1 atom stereocenters. The Morgan fingerprint density at radius 3 is 2.83 bits per heavy atom. The Hall–Kier alpha value is -3.39. The number of ether oxygens (including phenoxy) is 1. The average Bonchev–Trinajstić information content (AvgIpc) is 3.40. The maximum absolute atomic E-state index is 12.8. The number of pyridine rings is 1. The number of hydrogen-bond donors (Lipinski definition) is 1. The van der Waals surface area contributed by atoms with E-state index in [1.807, 2.05) is 18.2 Å². The smallest absolute Gasteiger partial charge is 0.303 e. The highest BCUT2D eigenvalue weighted by Gasteiger charge is 2.35. The van der Waals surface area contributed by atoms with Gasteiger partial charge in [-0.3, -0.25) is 9.59 Å². The molecule has 0 saturated heterocycles. The number of benzene rings is 1. The van der Waals surface area contributed by atoms with Gasteiger partial charge in [0, 0.05) is 29.9 Å². The van der Waals surface area contributed by atoms with Crippen LogP contribution in [-0.2, 0) is 9.59 Å². The summed E-state index contributed by atoms with van der Waals surface area (Å²) >= 11 is 6.49. The van der Waals surface area contributed by atoms with Gasteiger partial charge in [0.25, 0.3) is 0 Å². The van der Waals surface area contributed by atoms with Crippen molar-refractivity contribution >= 4 is 40.1 Å². The van der Waals surface area contributed by atoms with Gasteiger partial charge in [-0.1, -0.05) is 11.6 Å². The Morgan fingerprint density at radius 1 is 1.30 bits per heavy atom. The van der Waals surface area contributed by atoms with E-state index in [2.05, 4.69) is 10.1 Å². The third-order valence-electron chi connectivity index (χ3n) is 4.89. The van der Waals surface area contributed by atoms with Crippen molar-refractivity contribution in [2.45, 2.75) is 25.3 Å². The van der Waals surface area contributed by atoms with Crippen LogP contribution in [0.3, 0.4) is 0 Å². The molecule has 1 aliphatic heterocycles. The Bertz CT molecular complexity index is 1140. The van der Waals surface area contributed by atoms with Gasteiger partial charge in [0.05, 0.1) is 31.4 Å². The van der Waals surface area contributed by atoms with Crippen LogP contribution in [0.25, 0.3) is 10.9 Å². The summed E-state index contributed by atoms with van der Waals surface area (Å²) in [5, 5.41) is 15.7. The van der Waals surface area contributed by atoms with Gasteiger partial charge in [-0.25, -0.2) is 9.99 Å². The summed E-state index contributed by atoms with van der Waals surface area (Å²) in [6.07, 6.45) is 1.45. The van der Waals surface area contributed by atoms with Gasteiger partial charge in [0.2, 0.25) is 5.91 Å². The molecule has 4 rings (SSSR count). The van der Waals surface area contributed by atoms with E-state index in [-0.39, 0.29) is 18.0 Å². The maximum Gasteiger partial charge on any atom is 0.303 e. The number of hydrogen-bond acceptors (Lipinski definition) is 6. The van der Waals surface area contributed by atoms with Crippen molar-refractivity contribution in [3.63, 3.8) is 0 Å². The molecule has 0 radical (unpaired) electrons. The summed E-state index contributed by atoms with van der Waals surface area (Å²) in [6.45, 7) is 0. The van der Waals surface area contributed by atoms with E-state index >= 15 is 0 Å². The number of halogens is 1. The number of carboxylic acids is 1. The molecule has 0 spiro atoms. The molecule has 0 saturated carbocycles. The molecule has 2 aromatic heterocycles. The minimum atomic E-state index is -1.05. The topological polar surface area (TPSA) is 105 Å². The van der Waals surface area contributed by atoms with Gasteiger partial charge >= 0.3 is 5.97 Å². The molecule has 9 heteroatoms. The molecule has 30 heavy (non-hydrogen) atoms. The Labute approximate surface area is 176 Å². The van der Waals surface area contributed by atoms with Crippen LogP contribution in [0.1, 0.15) is 36.6 Å². The first-order chi connectivity index (χ1) is 14.5. The number of fused-ring (bicyclic) bond motifs is 1. The van der Waals surface area contributed by atoms with E-state index in [4.69, 9.17) is 25.9 Å². The van der Waals surface area contributed by atoms with Crippen LogP contribution in [0.5, 0.6) is 5.75 Å². The van der Waals surface area contributed by atoms with Crippen molar-refractivity contribution in [2.75, 3.05) is 7.11 Å². The molecule has 1 aliphatic rings. The van der Waals surface area contributed by atoms with Gasteiger partial charge in [-0.15, -0.1) is 0 Å². The second-order valence-electron chi connectivity index (χ2n) is 6.80. The van der Waals surface area contributed by atoms with Crippen molar-refractivity contribution in [1.82, 2.24) is 9.99 Å². The lowest BCUT2D eigenvalue weighted by Gasteiger charge is -2.22. The van der Waals surface area contributed by atoms with Crippen LogP contribution in [-0.4, -0.2) is 39.8 Å². The first kappa shape index (κ1) is 19.9. The minimum Gasteiger partial charge on any atom is -0.497 e. The zero-order valence-corrected chi connectivity index (χ0v) is 16.8. The molecule has 0 aliphatic carbocycles. The molecule has 1 amide bonds. The third kappa shape index (κ3) is 3.86. The van der Waals surface area contributed by atoms with Gasteiger partial charge in [-0.2, -0.15) is 5.10 Å². The number of amides is 1. The highest BCUT2D eigenvalue weighted by atomic mass is 35.5. The van der Waals surface area contributed by atoms with Crippen molar-refractivity contribution in [3.05, 3.63) is 59.1 Å². The highest BCUT2D eigenvalue weighted by molar-refractivity contribution is 6.30. The number of rotatable bonds is 6. The van der Waals surface area contributed by atoms with E-state index in [1.165, 1.54) is 11.3 Å². The fourth-order valence-electron chi connectivity index (χ4n) is 3.40. The number of carbonyl (C=O) groups is 2. The molecule has 0 fully saturated rings. The third-order valence-corrected chi connectivity index (χ3v) is 5.19. The summed E-state index contributed by atoms with van der Waals surface area (Å²) in [4.78, 5) is 28.1. The number of carboxylic acid groups (broad SMARTS) is 1. The zero-order valence-electron chi connectivity index (χ0n) is 16.0. The fraction of sp³-hybridized carbons (Fsp3) is 0.238. The van der Waals surface area contributed by atoms with E-state index < -0.39 is 17.9 Å². The van der Waals surface area contributed by atoms with Crippen LogP contribution in [0.4, 0.5) is 0 Å². The normalized spacial score (nSPS) is 16.0. The molecule has 1 N–H and O–H groups in total. The number of aromatic nitrogens is 1. The fourth-order valence-corrected chi connectivity index (χ4v) is 3.67. The molecule has 1 unspecified atom stereocenters. The zero-order chi connectivity index (χ0) is 21.3. The number of nitrogens with zero attached hydrogens (tertiary/aromatic N) is 3. The van der Waals surface area contributed by atoms with Gasteiger partial charge in [0.1, 0.15) is 22.4 Å². The van der Waals surface area contributed by atoms with Crippen LogP contribution in [0.2, 0.25) is 5.15 Å². The number of methoxy groups -OCH3 is 1. The molecular weight excluding hydrogens is 410 g/mol. The second-order valence-corrected chi connectivity index (χ2v) is 7.16. The first-order valence-electron chi connectivity index (χ1n) is 9.25. The number of furan rings is 1. The van der Waals surface area contributed by atoms with Crippen LogP contribution in [0, 0.1) is 0 Å². The van der Waals surface area contributed by atoms with E-state index in [1.54, 1.807) is 25.3 Å². The Kier molecular flexibility index (Phi) is 5.41. The van der Waals surface area contributed by atoms with Gasteiger partial charge in [-0.05, 0) is 30.3 Å². The van der Waals surface area contributed by atoms with Crippen LogP contribution < -0.4 is 4.74 Å². The molecule has 8 nitrogen and oxygen atoms in total. The van der Waals surface area contributed by atoms with Crippen molar-refractivity contribution in [2.24, 2.45) is 5.10 Å². The van der Waals surface area contributed by atoms with Crippen molar-refractivity contribution in [3.8, 4) is 5.75 Å². The summed E-state index contributed by atoms with van der Waals surface area (Å²) in [7, 11) is 1.57. The molecule has 154 valence electrons. The number of hydrazone groups is 1. The SMILES string of the molecule is COc1ccc2cc(C3CC(c4ccco4)=NN3C(=O)CCC(=O)O)c(Cl)nc2c1. The van der Waals surface area contributed by atoms with Crippen LogP contribution in [0.15, 0.2) is 52.2 Å². The van der Waals surface area contributed by atoms with Crippen molar-refractivity contribution < 1.29 is 23.8 Å². The standard InChI is InChI=1S/C21H18ClN3O5/c1-29-13-5-4-12-9-14(21(22)23-15(12)10-13)17-11-16(18-3-2-8-30-18)24-25(17)19(26)6-7-20(27)28/h2-5,8-10,17H,6-7,11H2,1H3,(H,27,28). The number of aliphatic carboxylic acids is 1. The lowest BCUT2D eigenvalue weighted by Crippen LogP contribution is -2.27. The summed E-state index contributed by atoms with van der Waals surface area (Å²) < 4.78 is 10.7. The second kappa shape index (κ2) is 8.16. The Balaban J connectivity index is 1.72. The van der Waals surface area contributed by atoms with Crippen LogP contribution >= 0.6 is 11.6 Å². The van der Waals surface area contributed by atoms with Gasteiger partial charge < -0.3 is 14.3 Å². The van der Waals surface area contributed by atoms with E-state index in [0.717, 1.165) is 5.39 Å². The van der Waals surface area contributed by atoms with E-state index in [9.17, 15) is 9.59 Å². The first-order valence-corrected chi connectivity index (χ1v) is 9.63. The predicted molar refractivity (Wildman–Crippen MR) is 110 cm³/mol. The maximum atomic E-state index is 12.8. The quantitative estimate of drug-likeness (QED) is 0.595. The predicted octanol–water partition coefficient (Wildman–Crippen LogP) is 4.03. The van der Waals surface area contributed by atoms with Gasteiger partial charge in [0.15, 0.2) is 0 Å².